The molecule has 1 heterocycles. The SMILES string of the molecule is CN(C)S(=O)(=O)C[C@@H]1COC[C@H]1NC(=O)Cc1c(F)cc(F)cc1F. The average molecular weight is 380 g/mol. The third kappa shape index (κ3) is 4.93. The Morgan fingerprint density at radius 3 is 2.40 bits per heavy atom. The molecular weight excluding hydrogens is 361 g/mol. The zero-order chi connectivity index (χ0) is 18.8. The van der Waals surface area contributed by atoms with Gasteiger partial charge in [0.1, 0.15) is 17.5 Å². The van der Waals surface area contributed by atoms with Crippen LogP contribution in [0.1, 0.15) is 5.56 Å². The molecule has 6 nitrogen and oxygen atoms in total. The monoisotopic (exact) mass is 380 g/mol. The Morgan fingerprint density at radius 1 is 1.24 bits per heavy atom. The minimum absolute atomic E-state index is 0.105. The van der Waals surface area contributed by atoms with Gasteiger partial charge in [-0.25, -0.2) is 25.9 Å². The van der Waals surface area contributed by atoms with Gasteiger partial charge < -0.3 is 10.1 Å². The van der Waals surface area contributed by atoms with E-state index in [9.17, 15) is 26.4 Å². The van der Waals surface area contributed by atoms with Gasteiger partial charge in [0.2, 0.25) is 15.9 Å². The van der Waals surface area contributed by atoms with Crippen LogP contribution >= 0.6 is 0 Å². The molecule has 1 amide bonds. The summed E-state index contributed by atoms with van der Waals surface area (Å²) in [7, 11) is -0.684. The highest BCUT2D eigenvalue weighted by Crippen LogP contribution is 2.19. The Balaban J connectivity index is 2.03. The van der Waals surface area contributed by atoms with E-state index in [1.807, 2.05) is 0 Å². The molecule has 1 aromatic rings. The molecule has 1 aliphatic heterocycles. The van der Waals surface area contributed by atoms with Crippen molar-refractivity contribution in [3.8, 4) is 0 Å². The summed E-state index contributed by atoms with van der Waals surface area (Å²) < 4.78 is 70.3. The van der Waals surface area contributed by atoms with Crippen molar-refractivity contribution in [2.24, 2.45) is 5.92 Å². The van der Waals surface area contributed by atoms with Crippen molar-refractivity contribution >= 4 is 15.9 Å². The Morgan fingerprint density at radius 2 is 1.84 bits per heavy atom. The highest BCUT2D eigenvalue weighted by Gasteiger charge is 2.34. The first-order valence-corrected chi connectivity index (χ1v) is 9.12. The molecule has 0 bridgehead atoms. The summed E-state index contributed by atoms with van der Waals surface area (Å²) >= 11 is 0. The number of benzene rings is 1. The maximum Gasteiger partial charge on any atom is 0.224 e. The fraction of sp³-hybridized carbons (Fsp3) is 0.533. The number of rotatable bonds is 6. The zero-order valence-corrected chi connectivity index (χ0v) is 14.6. The number of hydrogen-bond acceptors (Lipinski definition) is 4. The number of carbonyl (C=O) groups is 1. The number of nitrogens with one attached hydrogen (secondary N) is 1. The van der Waals surface area contributed by atoms with E-state index in [1.54, 1.807) is 0 Å². The third-order valence-corrected chi connectivity index (χ3v) is 5.93. The second-order valence-electron chi connectivity index (χ2n) is 6.06. The molecule has 0 spiro atoms. The van der Waals surface area contributed by atoms with Gasteiger partial charge in [0, 0.05) is 37.7 Å². The summed E-state index contributed by atoms with van der Waals surface area (Å²) in [6.07, 6.45) is -0.623. The van der Waals surface area contributed by atoms with Gasteiger partial charge >= 0.3 is 0 Å². The summed E-state index contributed by atoms with van der Waals surface area (Å²) in [4.78, 5) is 12.0. The average Bonchev–Trinajstić information content (AvgIpc) is 2.89. The summed E-state index contributed by atoms with van der Waals surface area (Å²) in [5.74, 6) is -4.77. The number of sulfonamides is 1. The molecule has 1 aromatic carbocycles. The lowest BCUT2D eigenvalue weighted by Crippen LogP contribution is -2.44. The van der Waals surface area contributed by atoms with Gasteiger partial charge in [-0.2, -0.15) is 0 Å². The first kappa shape index (κ1) is 19.7. The van der Waals surface area contributed by atoms with Crippen LogP contribution in [0.5, 0.6) is 0 Å². The molecule has 2 rings (SSSR count). The predicted octanol–water partition coefficient (Wildman–Crippen LogP) is 0.669. The van der Waals surface area contributed by atoms with Gasteiger partial charge in [0.05, 0.1) is 31.4 Å². The number of hydrogen-bond donors (Lipinski definition) is 1. The smallest absolute Gasteiger partial charge is 0.224 e. The number of halogens is 3. The number of nitrogens with zero attached hydrogens (tertiary/aromatic N) is 1. The highest BCUT2D eigenvalue weighted by molar-refractivity contribution is 7.89. The molecule has 2 atom stereocenters. The minimum Gasteiger partial charge on any atom is -0.379 e. The first-order chi connectivity index (χ1) is 11.6. The number of amides is 1. The molecule has 10 heteroatoms. The van der Waals surface area contributed by atoms with Gasteiger partial charge in [-0.1, -0.05) is 0 Å². The molecular formula is C15H19F3N2O4S. The minimum atomic E-state index is -3.49. The van der Waals surface area contributed by atoms with Crippen molar-refractivity contribution in [1.82, 2.24) is 9.62 Å². The fourth-order valence-electron chi connectivity index (χ4n) is 2.50. The Bertz CT molecular complexity index is 732. The lowest BCUT2D eigenvalue weighted by molar-refractivity contribution is -0.121. The van der Waals surface area contributed by atoms with E-state index in [0.717, 1.165) is 4.31 Å². The standard InChI is InChI=1S/C15H19F3N2O4S/c1-20(2)25(22,23)8-9-6-24-7-14(9)19-15(21)5-11-12(17)3-10(16)4-13(11)18/h3-4,9,14H,5-8H2,1-2H3,(H,19,21)/t9-,14+/m0/s1. The van der Waals surface area contributed by atoms with Crippen molar-refractivity contribution in [2.75, 3.05) is 33.1 Å². The highest BCUT2D eigenvalue weighted by atomic mass is 32.2. The van der Waals surface area contributed by atoms with E-state index in [0.29, 0.717) is 12.1 Å². The van der Waals surface area contributed by atoms with Crippen LogP contribution in [0.25, 0.3) is 0 Å². The first-order valence-electron chi connectivity index (χ1n) is 7.51. The summed E-state index contributed by atoms with van der Waals surface area (Å²) in [6.45, 7) is 0.255. The van der Waals surface area contributed by atoms with Crippen molar-refractivity contribution in [3.63, 3.8) is 0 Å². The van der Waals surface area contributed by atoms with Crippen LogP contribution in [-0.2, 0) is 26.0 Å². The van der Waals surface area contributed by atoms with E-state index >= 15 is 0 Å². The van der Waals surface area contributed by atoms with Crippen molar-refractivity contribution in [3.05, 3.63) is 35.1 Å². The fourth-order valence-corrected chi connectivity index (χ4v) is 3.67. The van der Waals surface area contributed by atoms with Crippen LogP contribution in [-0.4, -0.2) is 57.7 Å². The summed E-state index contributed by atoms with van der Waals surface area (Å²) in [6, 6.07) is 0.405. The van der Waals surface area contributed by atoms with E-state index in [1.165, 1.54) is 14.1 Å². The van der Waals surface area contributed by atoms with Crippen LogP contribution in [0.4, 0.5) is 13.2 Å². The van der Waals surface area contributed by atoms with Gasteiger partial charge in [0.15, 0.2) is 0 Å². The molecule has 1 saturated heterocycles. The van der Waals surface area contributed by atoms with Crippen LogP contribution in [0.3, 0.4) is 0 Å². The molecule has 25 heavy (non-hydrogen) atoms. The molecule has 0 unspecified atom stereocenters. The molecule has 0 saturated carbocycles. The van der Waals surface area contributed by atoms with Crippen molar-refractivity contribution in [1.29, 1.82) is 0 Å². The van der Waals surface area contributed by atoms with E-state index < -0.39 is 57.3 Å². The molecule has 1 N–H and O–H groups in total. The lowest BCUT2D eigenvalue weighted by atomic mass is 10.1. The van der Waals surface area contributed by atoms with E-state index in [-0.39, 0.29) is 19.0 Å². The van der Waals surface area contributed by atoms with Crippen LogP contribution < -0.4 is 5.32 Å². The zero-order valence-electron chi connectivity index (χ0n) is 13.8. The maximum atomic E-state index is 13.6. The molecule has 140 valence electrons. The number of carbonyl (C=O) groups excluding carboxylic acids is 1. The summed E-state index contributed by atoms with van der Waals surface area (Å²) in [5.41, 5.74) is -0.546. The second-order valence-corrected chi connectivity index (χ2v) is 8.28. The molecule has 0 aliphatic carbocycles. The van der Waals surface area contributed by atoms with Crippen molar-refractivity contribution in [2.45, 2.75) is 12.5 Å². The molecule has 0 radical (unpaired) electrons. The summed E-state index contributed by atoms with van der Waals surface area (Å²) in [5, 5.41) is 2.53. The quantitative estimate of drug-likeness (QED) is 0.787. The Kier molecular flexibility index (Phi) is 6.07. The second kappa shape index (κ2) is 7.71. The van der Waals surface area contributed by atoms with Gasteiger partial charge in [0.25, 0.3) is 0 Å². The largest absolute Gasteiger partial charge is 0.379 e. The molecule has 0 aromatic heterocycles. The van der Waals surface area contributed by atoms with Crippen LogP contribution in [0, 0.1) is 23.4 Å². The Hall–Kier alpha value is -1.65. The Labute approximate surface area is 144 Å². The third-order valence-electron chi connectivity index (χ3n) is 3.97. The molecule has 1 aliphatic rings. The van der Waals surface area contributed by atoms with E-state index in [4.69, 9.17) is 4.74 Å². The van der Waals surface area contributed by atoms with Gasteiger partial charge in [-0.05, 0) is 0 Å². The predicted molar refractivity (Wildman–Crippen MR) is 83.7 cm³/mol. The maximum absolute atomic E-state index is 13.6. The molecule has 1 fully saturated rings. The van der Waals surface area contributed by atoms with Crippen molar-refractivity contribution < 1.29 is 31.1 Å². The van der Waals surface area contributed by atoms with Crippen LogP contribution in [0.2, 0.25) is 0 Å². The lowest BCUT2D eigenvalue weighted by Gasteiger charge is -2.21. The topological polar surface area (TPSA) is 75.7 Å². The number of ether oxygens (including phenoxy) is 1. The normalized spacial score (nSPS) is 20.9. The van der Waals surface area contributed by atoms with Gasteiger partial charge in [-0.15, -0.1) is 0 Å². The van der Waals surface area contributed by atoms with E-state index in [2.05, 4.69) is 5.32 Å². The van der Waals surface area contributed by atoms with Gasteiger partial charge in [-0.3, -0.25) is 4.79 Å². The van der Waals surface area contributed by atoms with Crippen LogP contribution in [0.15, 0.2) is 12.1 Å².